The van der Waals surface area contributed by atoms with Crippen LogP contribution in [-0.2, 0) is 6.54 Å². The monoisotopic (exact) mass is 410 g/mol. The minimum Gasteiger partial charge on any atom is -0.398 e. The zero-order chi connectivity index (χ0) is 21.1. The van der Waals surface area contributed by atoms with Gasteiger partial charge in [0.05, 0.1) is 0 Å². The largest absolute Gasteiger partial charge is 0.398 e. The molecule has 1 aliphatic rings. The molecule has 4 nitrogen and oxygen atoms in total. The highest BCUT2D eigenvalue weighted by molar-refractivity contribution is 7.19. The lowest BCUT2D eigenvalue weighted by Crippen LogP contribution is -2.26. The number of hydrogen-bond donors (Lipinski definition) is 1. The molecule has 1 aliphatic heterocycles. The maximum atomic E-state index is 6.16. The van der Waals surface area contributed by atoms with Crippen LogP contribution in [0, 0.1) is 0 Å². The van der Waals surface area contributed by atoms with Gasteiger partial charge in [-0.25, -0.2) is 9.97 Å². The second-order valence-corrected chi connectivity index (χ2v) is 7.88. The summed E-state index contributed by atoms with van der Waals surface area (Å²) in [7, 11) is 0. The molecule has 0 aliphatic carbocycles. The van der Waals surface area contributed by atoms with Crippen molar-refractivity contribution < 1.29 is 0 Å². The summed E-state index contributed by atoms with van der Waals surface area (Å²) in [6, 6.07) is 2.17. The van der Waals surface area contributed by atoms with Gasteiger partial charge in [0.25, 0.3) is 0 Å². The first-order valence-electron chi connectivity index (χ1n) is 10.6. The Bertz CT molecular complexity index is 855. The number of likely N-dealkylation sites (tertiary alicyclic amines) is 1. The van der Waals surface area contributed by atoms with Crippen LogP contribution < -0.4 is 5.73 Å². The topological polar surface area (TPSA) is 55.0 Å². The summed E-state index contributed by atoms with van der Waals surface area (Å²) in [5.41, 5.74) is 9.81. The van der Waals surface area contributed by atoms with E-state index in [1.807, 2.05) is 26.1 Å². The third kappa shape index (κ3) is 6.65. The lowest BCUT2D eigenvalue weighted by Gasteiger charge is -2.24. The van der Waals surface area contributed by atoms with Gasteiger partial charge in [-0.1, -0.05) is 75.8 Å². The third-order valence-electron chi connectivity index (χ3n) is 4.78. The molecule has 3 rings (SSSR count). The van der Waals surface area contributed by atoms with Crippen LogP contribution in [0.5, 0.6) is 0 Å². The molecule has 0 bridgehead atoms. The molecule has 5 heteroatoms. The number of thiazole rings is 1. The molecule has 0 amide bonds. The molecule has 156 valence electrons. The average Bonchev–Trinajstić information content (AvgIpc) is 3.12. The van der Waals surface area contributed by atoms with Gasteiger partial charge < -0.3 is 5.73 Å². The predicted octanol–water partition coefficient (Wildman–Crippen LogP) is 6.08. The van der Waals surface area contributed by atoms with Crippen molar-refractivity contribution >= 4 is 27.3 Å². The first kappa shape index (κ1) is 23.0. The standard InChI is InChI=1S/C22H28N4S.C2H6/c1-3-10-18(19(23)11-4-2)21-25-20-14-17(15-24-22(20)27-21)16-26-12-8-6-5-7-9-13-26;1-2/h3-4,10-11,14-15H,1-2,5-9,12-13,16,23H2;1-2H3/b18-10+,19-11+;. The van der Waals surface area contributed by atoms with E-state index < -0.39 is 0 Å². The minimum atomic E-state index is 0.629. The highest BCUT2D eigenvalue weighted by Gasteiger charge is 2.14. The summed E-state index contributed by atoms with van der Waals surface area (Å²) in [5, 5.41) is 0.858. The predicted molar refractivity (Wildman–Crippen MR) is 128 cm³/mol. The SMILES string of the molecule is C=C/C=C(N)\C(=C/C=C)c1nc2cc(CN3CCCCCCC3)cnc2s1.CC. The van der Waals surface area contributed by atoms with Crippen LogP contribution in [0.3, 0.4) is 0 Å². The van der Waals surface area contributed by atoms with Crippen LogP contribution in [0.4, 0.5) is 0 Å². The molecule has 0 spiro atoms. The molecule has 2 N–H and O–H groups in total. The number of hydrogen-bond acceptors (Lipinski definition) is 5. The van der Waals surface area contributed by atoms with Crippen molar-refractivity contribution in [2.75, 3.05) is 13.1 Å². The second-order valence-electron chi connectivity index (χ2n) is 6.90. The highest BCUT2D eigenvalue weighted by Crippen LogP contribution is 2.29. The summed E-state index contributed by atoms with van der Waals surface area (Å²) in [6.07, 6.45) is 15.7. The van der Waals surface area contributed by atoms with E-state index in [-0.39, 0.29) is 0 Å². The van der Waals surface area contributed by atoms with Gasteiger partial charge in [0.15, 0.2) is 0 Å². The van der Waals surface area contributed by atoms with E-state index in [0.29, 0.717) is 5.70 Å². The number of rotatable bonds is 6. The fourth-order valence-electron chi connectivity index (χ4n) is 3.42. The van der Waals surface area contributed by atoms with Gasteiger partial charge in [-0.05, 0) is 43.6 Å². The third-order valence-corrected chi connectivity index (χ3v) is 5.79. The van der Waals surface area contributed by atoms with Gasteiger partial charge >= 0.3 is 0 Å². The van der Waals surface area contributed by atoms with E-state index in [1.165, 1.54) is 50.8 Å². The van der Waals surface area contributed by atoms with Crippen molar-refractivity contribution in [2.24, 2.45) is 5.73 Å². The molecular weight excluding hydrogens is 376 g/mol. The van der Waals surface area contributed by atoms with Crippen molar-refractivity contribution in [3.05, 3.63) is 66.0 Å². The Morgan fingerprint density at radius 3 is 2.41 bits per heavy atom. The molecule has 0 saturated carbocycles. The quantitative estimate of drug-likeness (QED) is 0.586. The molecule has 1 fully saturated rings. The molecule has 29 heavy (non-hydrogen) atoms. The van der Waals surface area contributed by atoms with Crippen LogP contribution in [0.2, 0.25) is 0 Å². The molecule has 0 radical (unpaired) electrons. The summed E-state index contributed by atoms with van der Waals surface area (Å²) < 4.78 is 0. The van der Waals surface area contributed by atoms with Gasteiger partial charge in [-0.15, -0.1) is 0 Å². The van der Waals surface area contributed by atoms with E-state index in [9.17, 15) is 0 Å². The molecule has 2 aromatic heterocycles. The fourth-order valence-corrected chi connectivity index (χ4v) is 4.36. The van der Waals surface area contributed by atoms with E-state index in [0.717, 1.165) is 27.5 Å². The maximum absolute atomic E-state index is 6.16. The summed E-state index contributed by atoms with van der Waals surface area (Å²) >= 11 is 1.55. The van der Waals surface area contributed by atoms with Gasteiger partial charge in [0.1, 0.15) is 15.4 Å². The van der Waals surface area contributed by atoms with Gasteiger partial charge in [0.2, 0.25) is 0 Å². The lowest BCUT2D eigenvalue weighted by atomic mass is 10.1. The Labute approximate surface area is 179 Å². The number of nitrogens with zero attached hydrogens (tertiary/aromatic N) is 3. The molecular formula is C24H34N4S. The normalized spacial score (nSPS) is 16.5. The lowest BCUT2D eigenvalue weighted by molar-refractivity contribution is 0.239. The van der Waals surface area contributed by atoms with Crippen LogP contribution in [0.1, 0.15) is 56.5 Å². The van der Waals surface area contributed by atoms with E-state index in [2.05, 4.69) is 29.1 Å². The van der Waals surface area contributed by atoms with E-state index >= 15 is 0 Å². The summed E-state index contributed by atoms with van der Waals surface area (Å²) in [5.74, 6) is 0. The van der Waals surface area contributed by atoms with E-state index in [4.69, 9.17) is 10.7 Å². The Morgan fingerprint density at radius 1 is 1.10 bits per heavy atom. The van der Waals surface area contributed by atoms with Crippen LogP contribution >= 0.6 is 11.3 Å². The van der Waals surface area contributed by atoms with E-state index in [1.54, 1.807) is 29.6 Å². The summed E-state index contributed by atoms with van der Waals surface area (Å²) in [4.78, 5) is 12.9. The molecule has 3 heterocycles. The number of nitrogens with two attached hydrogens (primary N) is 1. The zero-order valence-corrected chi connectivity index (χ0v) is 18.7. The van der Waals surface area contributed by atoms with Gasteiger partial charge in [-0.3, -0.25) is 4.90 Å². The van der Waals surface area contributed by atoms with Crippen LogP contribution in [0.15, 0.2) is 55.4 Å². The van der Waals surface area contributed by atoms with Crippen molar-refractivity contribution in [2.45, 2.75) is 52.5 Å². The Hall–Kier alpha value is -2.24. The Morgan fingerprint density at radius 2 is 1.76 bits per heavy atom. The van der Waals surface area contributed by atoms with Crippen molar-refractivity contribution in [1.82, 2.24) is 14.9 Å². The second kappa shape index (κ2) is 12.3. The average molecular weight is 411 g/mol. The van der Waals surface area contributed by atoms with Gasteiger partial charge in [-0.2, -0.15) is 0 Å². The minimum absolute atomic E-state index is 0.629. The molecule has 1 saturated heterocycles. The number of aromatic nitrogens is 2. The molecule has 0 unspecified atom stereocenters. The smallest absolute Gasteiger partial charge is 0.143 e. The van der Waals surface area contributed by atoms with Gasteiger partial charge in [0, 0.05) is 24.0 Å². The van der Waals surface area contributed by atoms with Crippen molar-refractivity contribution in [1.29, 1.82) is 0 Å². The van der Waals surface area contributed by atoms with Crippen molar-refractivity contribution in [3.63, 3.8) is 0 Å². The molecule has 0 aromatic carbocycles. The molecule has 0 atom stereocenters. The zero-order valence-electron chi connectivity index (χ0n) is 17.9. The first-order valence-corrected chi connectivity index (χ1v) is 11.4. The fraction of sp³-hybridized carbons (Fsp3) is 0.417. The maximum Gasteiger partial charge on any atom is 0.143 e. The first-order chi connectivity index (χ1) is 14.2. The van der Waals surface area contributed by atoms with Crippen LogP contribution in [0.25, 0.3) is 15.9 Å². The number of allylic oxidation sites excluding steroid dienone is 5. The van der Waals surface area contributed by atoms with Crippen LogP contribution in [-0.4, -0.2) is 28.0 Å². The highest BCUT2D eigenvalue weighted by atomic mass is 32.1. The molecule has 2 aromatic rings. The van der Waals surface area contributed by atoms with Crippen molar-refractivity contribution in [3.8, 4) is 0 Å². The number of fused-ring (bicyclic) bond motifs is 1. The Balaban J connectivity index is 0.00000145. The Kier molecular flexibility index (Phi) is 9.81. The number of pyridine rings is 1. The summed E-state index contributed by atoms with van der Waals surface area (Å²) in [6.45, 7) is 14.8.